The zero-order chi connectivity index (χ0) is 16.2. The number of rotatable bonds is 1. The second-order valence-electron chi connectivity index (χ2n) is 5.09. The molecule has 0 fully saturated rings. The molecule has 2 atom stereocenters. The second kappa shape index (κ2) is 10.9. The van der Waals surface area contributed by atoms with Gasteiger partial charge < -0.3 is 34.3 Å². The molecule has 1 aromatic heterocycles. The molecule has 0 amide bonds. The van der Waals surface area contributed by atoms with Crippen LogP contribution in [0.25, 0.3) is 10.9 Å². The molecule has 2 aromatic rings. The molecular weight excluding hydrogens is 537 g/mol. The van der Waals surface area contributed by atoms with Crippen molar-refractivity contribution in [1.29, 1.82) is 0 Å². The third kappa shape index (κ3) is 5.24. The number of fused-ring (bicyclic) bond motifs is 2. The molecule has 0 bridgehead atoms. The van der Waals surface area contributed by atoms with Crippen molar-refractivity contribution in [2.75, 3.05) is 6.54 Å². The molecule has 0 aliphatic carbocycles. The van der Waals surface area contributed by atoms with Gasteiger partial charge in [-0.15, -0.1) is 0 Å². The first-order valence-electron chi connectivity index (χ1n) is 7.36. The fourth-order valence-electron chi connectivity index (χ4n) is 2.45. The Morgan fingerprint density at radius 1 is 1.19 bits per heavy atom. The molecule has 2 aliphatic heterocycles. The van der Waals surface area contributed by atoms with Gasteiger partial charge in [-0.2, -0.15) is 0 Å². The first-order chi connectivity index (χ1) is 11.2. The third-order valence-corrected chi connectivity index (χ3v) is 3.62. The Bertz CT molecular complexity index is 734. The molecule has 26 heavy (non-hydrogen) atoms. The summed E-state index contributed by atoms with van der Waals surface area (Å²) >= 11 is 0. The topological polar surface area (TPSA) is 137 Å². The molecule has 0 radical (unpaired) electrons. The maximum Gasteiger partial charge on any atom is 2.00 e. The van der Waals surface area contributed by atoms with Crippen LogP contribution in [0.2, 0.25) is 0 Å². The van der Waals surface area contributed by atoms with E-state index in [2.05, 4.69) is 32.1 Å². The molecule has 0 spiro atoms. The van der Waals surface area contributed by atoms with Gasteiger partial charge in [0.15, 0.2) is 6.17 Å². The quantitative estimate of drug-likeness (QED) is 0.401. The Labute approximate surface area is 172 Å². The van der Waals surface area contributed by atoms with Crippen LogP contribution >= 0.6 is 0 Å². The number of benzene rings is 1. The van der Waals surface area contributed by atoms with E-state index in [-0.39, 0.29) is 57.6 Å². The Hall–Kier alpha value is -2.02. The number of aliphatic imine (C=N–C) groups is 3. The minimum absolute atomic E-state index is 0. The fraction of sp³-hybridized carbons (Fsp3) is 0.250. The number of hydrogen-bond donors (Lipinski definition) is 2. The number of hydrogen-bond acceptors (Lipinski definition) is 8. The van der Waals surface area contributed by atoms with Gasteiger partial charge in [-0.25, -0.2) is 9.98 Å². The smallest absolute Gasteiger partial charge is 1.00 e. The van der Waals surface area contributed by atoms with Crippen molar-refractivity contribution >= 4 is 29.1 Å². The van der Waals surface area contributed by atoms with Crippen molar-refractivity contribution in [3.8, 4) is 0 Å². The van der Waals surface area contributed by atoms with Crippen LogP contribution < -0.4 is 29.4 Å². The maximum absolute atomic E-state index is 11.3. The van der Waals surface area contributed by atoms with Crippen LogP contribution in [-0.2, 0) is 21.1 Å². The Kier molecular flexibility index (Phi) is 10.0. The molecule has 8 nitrogen and oxygen atoms in total. The normalized spacial score (nSPS) is 19.5. The van der Waals surface area contributed by atoms with E-state index in [1.807, 2.05) is 42.3 Å². The number of para-hydroxylation sites is 1. The molecule has 0 saturated carbocycles. The number of likely N-dealkylation sites (N-methyl/N-ethyl adjacent to an activating group) is 1. The third-order valence-electron chi connectivity index (χ3n) is 3.62. The van der Waals surface area contributed by atoms with Gasteiger partial charge in [0.2, 0.25) is 5.96 Å². The summed E-state index contributed by atoms with van der Waals surface area (Å²) in [6.45, 7) is 2.73. The number of pyridine rings is 1. The van der Waals surface area contributed by atoms with E-state index in [1.54, 1.807) is 6.34 Å². The van der Waals surface area contributed by atoms with E-state index < -0.39 is 6.04 Å². The standard InChI is InChI=1S/C9H7N.C7H11N5O.ClH.H3N.Pt/c1-2-6-9-8(4-1)5-3-7-10-9;1-2-12-3-9-4-5(12)10-7(8)11-6(4)13;;;/h1-7H;3-5H,2H2,1H3,(H3,8,10,11,13);1H;1H3;/q;;;;+2/p-2. The van der Waals surface area contributed by atoms with E-state index >= 15 is 0 Å². The average molecular weight is 557 g/mol. The zero-order valence-corrected chi connectivity index (χ0v) is 17.1. The van der Waals surface area contributed by atoms with Gasteiger partial charge >= 0.3 is 21.1 Å². The monoisotopic (exact) mass is 556 g/mol. The molecule has 1 aromatic carbocycles. The van der Waals surface area contributed by atoms with Crippen LogP contribution in [0.3, 0.4) is 0 Å². The molecule has 0 saturated heterocycles. The SMILES string of the molecule is CCN1C=NC2C([O-])=NC(N)=NC21.N.[Cl-].[Pt+2].c1ccc2ncccc2c1. The average Bonchev–Trinajstić information content (AvgIpc) is 2.99. The Morgan fingerprint density at radius 2 is 1.88 bits per heavy atom. The van der Waals surface area contributed by atoms with Gasteiger partial charge in [-0.1, -0.05) is 24.3 Å². The van der Waals surface area contributed by atoms with Gasteiger partial charge in [-0.05, 0) is 25.0 Å². The van der Waals surface area contributed by atoms with Gasteiger partial charge in [0.1, 0.15) is 6.04 Å². The first-order valence-corrected chi connectivity index (χ1v) is 7.36. The summed E-state index contributed by atoms with van der Waals surface area (Å²) in [5.74, 6) is -0.250. The van der Waals surface area contributed by atoms with Crippen LogP contribution in [0.5, 0.6) is 0 Å². The molecule has 5 N–H and O–H groups in total. The fourth-order valence-corrected chi connectivity index (χ4v) is 2.45. The van der Waals surface area contributed by atoms with Crippen molar-refractivity contribution in [2.45, 2.75) is 19.1 Å². The number of nitrogens with two attached hydrogens (primary N) is 1. The predicted octanol–water partition coefficient (Wildman–Crippen LogP) is -2.47. The van der Waals surface area contributed by atoms with E-state index in [9.17, 15) is 5.11 Å². The minimum atomic E-state index is -0.479. The number of nitrogens with zero attached hydrogens (tertiary/aromatic N) is 5. The summed E-state index contributed by atoms with van der Waals surface area (Å²) in [6.07, 6.45) is 3.17. The van der Waals surface area contributed by atoms with Gasteiger partial charge in [0, 0.05) is 18.1 Å². The van der Waals surface area contributed by atoms with E-state index in [0.29, 0.717) is 0 Å². The molecule has 142 valence electrons. The van der Waals surface area contributed by atoms with Crippen molar-refractivity contribution < 1.29 is 38.6 Å². The van der Waals surface area contributed by atoms with Gasteiger partial charge in [-0.3, -0.25) is 9.98 Å². The molecule has 10 heteroatoms. The zero-order valence-electron chi connectivity index (χ0n) is 14.1. The largest absolute Gasteiger partial charge is 2.00 e. The molecule has 2 unspecified atom stereocenters. The van der Waals surface area contributed by atoms with Crippen molar-refractivity contribution in [2.24, 2.45) is 20.7 Å². The Balaban J connectivity index is 0.000000441. The first kappa shape index (κ1) is 24.0. The van der Waals surface area contributed by atoms with Crippen LogP contribution in [0.4, 0.5) is 0 Å². The number of aromatic nitrogens is 1. The van der Waals surface area contributed by atoms with Crippen LogP contribution in [0.1, 0.15) is 6.92 Å². The van der Waals surface area contributed by atoms with Crippen molar-refractivity contribution in [1.82, 2.24) is 16.0 Å². The summed E-state index contributed by atoms with van der Waals surface area (Å²) in [6, 6.07) is 11.6. The minimum Gasteiger partial charge on any atom is -1.00 e. The summed E-state index contributed by atoms with van der Waals surface area (Å²) in [4.78, 5) is 17.7. The van der Waals surface area contributed by atoms with Crippen LogP contribution in [-0.4, -0.2) is 46.8 Å². The van der Waals surface area contributed by atoms with E-state index in [1.165, 1.54) is 5.39 Å². The molecular formula is C16H20ClN7OPt. The Morgan fingerprint density at radius 3 is 2.58 bits per heavy atom. The summed E-state index contributed by atoms with van der Waals surface area (Å²) in [5.41, 5.74) is 6.44. The van der Waals surface area contributed by atoms with Crippen LogP contribution in [0, 0.1) is 0 Å². The van der Waals surface area contributed by atoms with Crippen molar-refractivity contribution in [3.05, 3.63) is 42.6 Å². The maximum atomic E-state index is 11.3. The molecule has 2 aliphatic rings. The second-order valence-corrected chi connectivity index (χ2v) is 5.09. The number of halogens is 1. The van der Waals surface area contributed by atoms with Crippen LogP contribution in [0.15, 0.2) is 57.6 Å². The van der Waals surface area contributed by atoms with E-state index in [0.717, 1.165) is 12.1 Å². The number of guanidine groups is 1. The molecule has 4 rings (SSSR count). The molecule has 3 heterocycles. The van der Waals surface area contributed by atoms with Gasteiger partial charge in [0.25, 0.3) is 0 Å². The summed E-state index contributed by atoms with van der Waals surface area (Å²) in [7, 11) is 0. The summed E-state index contributed by atoms with van der Waals surface area (Å²) < 4.78 is 0. The predicted molar refractivity (Wildman–Crippen MR) is 94.3 cm³/mol. The summed E-state index contributed by atoms with van der Waals surface area (Å²) in [5, 5.41) is 12.5. The van der Waals surface area contributed by atoms with Gasteiger partial charge in [0.05, 0.1) is 11.9 Å². The van der Waals surface area contributed by atoms with E-state index in [4.69, 9.17) is 5.73 Å². The van der Waals surface area contributed by atoms with Crippen molar-refractivity contribution in [3.63, 3.8) is 0 Å².